The van der Waals surface area contributed by atoms with E-state index in [-0.39, 0.29) is 16.9 Å². The van der Waals surface area contributed by atoms with Gasteiger partial charge in [0.25, 0.3) is 5.56 Å². The second-order valence-electron chi connectivity index (χ2n) is 6.67. The number of nitrogens with one attached hydrogen (secondary N) is 1. The number of anilines is 1. The summed E-state index contributed by atoms with van der Waals surface area (Å²) in [5, 5.41) is 14.9. The average Bonchev–Trinajstić information content (AvgIpc) is 3.08. The van der Waals surface area contributed by atoms with Crippen molar-refractivity contribution in [3.8, 4) is 0 Å². The quantitative estimate of drug-likeness (QED) is 0.746. The maximum absolute atomic E-state index is 13.7. The van der Waals surface area contributed by atoms with E-state index in [0.717, 1.165) is 22.5 Å². The summed E-state index contributed by atoms with van der Waals surface area (Å²) in [6.07, 6.45) is 2.22. The molecule has 0 saturated heterocycles. The summed E-state index contributed by atoms with van der Waals surface area (Å²) in [5.74, 6) is -0.265. The number of aromatic nitrogens is 5. The number of nitrogens with zero attached hydrogens (tertiary/aromatic N) is 5. The van der Waals surface area contributed by atoms with E-state index in [4.69, 9.17) is 11.6 Å². The third-order valence-corrected chi connectivity index (χ3v) is 5.37. The Kier molecular flexibility index (Phi) is 4.43. The standard InChI is InChI=1S/C18H18ClFN6O/c1-10-3-4-12(20)7-13(10)11(2)26-15-5-6-25(9-14(15)22-24-26)16-8-21-23-18(27)17(16)19/h3-4,7-8,11H,5-6,9H2,1-2H3,(H,23,27). The highest BCUT2D eigenvalue weighted by atomic mass is 35.5. The number of benzene rings is 1. The van der Waals surface area contributed by atoms with E-state index in [1.165, 1.54) is 12.3 Å². The van der Waals surface area contributed by atoms with Crippen LogP contribution >= 0.6 is 11.6 Å². The molecule has 3 heterocycles. The zero-order chi connectivity index (χ0) is 19.1. The molecule has 7 nitrogen and oxygen atoms in total. The molecule has 140 valence electrons. The van der Waals surface area contributed by atoms with Gasteiger partial charge in [-0.25, -0.2) is 14.2 Å². The maximum atomic E-state index is 13.7. The van der Waals surface area contributed by atoms with Crippen molar-refractivity contribution in [2.75, 3.05) is 11.4 Å². The minimum absolute atomic E-state index is 0.115. The van der Waals surface area contributed by atoms with Gasteiger partial charge in [-0.2, -0.15) is 5.10 Å². The van der Waals surface area contributed by atoms with Gasteiger partial charge in [-0.05, 0) is 37.1 Å². The van der Waals surface area contributed by atoms with Crippen LogP contribution < -0.4 is 10.5 Å². The number of aryl methyl sites for hydroxylation is 1. The largest absolute Gasteiger partial charge is 0.362 e. The summed E-state index contributed by atoms with van der Waals surface area (Å²) in [6, 6.07) is 4.65. The van der Waals surface area contributed by atoms with Crippen molar-refractivity contribution in [3.05, 3.63) is 68.1 Å². The smallest absolute Gasteiger partial charge is 0.285 e. The monoisotopic (exact) mass is 388 g/mol. The Labute approximate surface area is 159 Å². The lowest BCUT2D eigenvalue weighted by Gasteiger charge is -2.29. The predicted molar refractivity (Wildman–Crippen MR) is 99.6 cm³/mol. The molecule has 0 saturated carbocycles. The van der Waals surface area contributed by atoms with E-state index >= 15 is 0 Å². The Morgan fingerprint density at radius 3 is 3.00 bits per heavy atom. The first-order valence-electron chi connectivity index (χ1n) is 8.63. The maximum Gasteiger partial charge on any atom is 0.285 e. The minimum Gasteiger partial charge on any atom is -0.362 e. The lowest BCUT2D eigenvalue weighted by atomic mass is 10.0. The SMILES string of the molecule is Cc1ccc(F)cc1C(C)n1nnc2c1CCN(c1cn[nH]c(=O)c1Cl)C2. The Bertz CT molecular complexity index is 1060. The van der Waals surface area contributed by atoms with Crippen LogP contribution in [0.25, 0.3) is 0 Å². The molecule has 1 aliphatic rings. The molecular weight excluding hydrogens is 371 g/mol. The van der Waals surface area contributed by atoms with Crippen LogP contribution in [0.15, 0.2) is 29.2 Å². The molecule has 2 aromatic heterocycles. The van der Waals surface area contributed by atoms with Gasteiger partial charge in [0.1, 0.15) is 16.5 Å². The fraction of sp³-hybridized carbons (Fsp3) is 0.333. The van der Waals surface area contributed by atoms with Gasteiger partial charge in [0.2, 0.25) is 0 Å². The highest BCUT2D eigenvalue weighted by Crippen LogP contribution is 2.29. The van der Waals surface area contributed by atoms with Crippen molar-refractivity contribution < 1.29 is 4.39 Å². The second-order valence-corrected chi connectivity index (χ2v) is 7.05. The Balaban J connectivity index is 1.65. The Morgan fingerprint density at radius 2 is 2.19 bits per heavy atom. The number of rotatable bonds is 3. The molecule has 0 amide bonds. The zero-order valence-corrected chi connectivity index (χ0v) is 15.7. The van der Waals surface area contributed by atoms with Crippen molar-refractivity contribution in [1.82, 2.24) is 25.2 Å². The van der Waals surface area contributed by atoms with E-state index in [2.05, 4.69) is 20.5 Å². The van der Waals surface area contributed by atoms with Gasteiger partial charge in [-0.3, -0.25) is 4.79 Å². The number of halogens is 2. The molecule has 4 rings (SSSR count). The van der Waals surface area contributed by atoms with E-state index in [1.54, 1.807) is 12.1 Å². The molecule has 1 aliphatic heterocycles. The van der Waals surface area contributed by atoms with Crippen LogP contribution in [-0.2, 0) is 13.0 Å². The van der Waals surface area contributed by atoms with Gasteiger partial charge in [0.15, 0.2) is 0 Å². The molecule has 0 bridgehead atoms. The number of H-pyrrole nitrogens is 1. The number of hydrogen-bond acceptors (Lipinski definition) is 5. The summed E-state index contributed by atoms with van der Waals surface area (Å²) in [5.41, 5.74) is 3.88. The van der Waals surface area contributed by atoms with Gasteiger partial charge >= 0.3 is 0 Å². The van der Waals surface area contributed by atoms with Crippen molar-refractivity contribution in [2.24, 2.45) is 0 Å². The average molecular weight is 389 g/mol. The molecular formula is C18H18ClFN6O. The summed E-state index contributed by atoms with van der Waals surface area (Å²) in [4.78, 5) is 13.7. The van der Waals surface area contributed by atoms with Gasteiger partial charge in [0, 0.05) is 13.0 Å². The fourth-order valence-corrected chi connectivity index (χ4v) is 3.74. The van der Waals surface area contributed by atoms with Crippen LogP contribution in [0, 0.1) is 12.7 Å². The predicted octanol–water partition coefficient (Wildman–Crippen LogP) is 2.63. The lowest BCUT2D eigenvalue weighted by molar-refractivity contribution is 0.511. The molecule has 1 unspecified atom stereocenters. The summed E-state index contributed by atoms with van der Waals surface area (Å²) >= 11 is 6.12. The van der Waals surface area contributed by atoms with Crippen LogP contribution in [0.3, 0.4) is 0 Å². The lowest BCUT2D eigenvalue weighted by Crippen LogP contribution is -2.33. The van der Waals surface area contributed by atoms with Crippen LogP contribution in [0.2, 0.25) is 5.02 Å². The molecule has 1 N–H and O–H groups in total. The zero-order valence-electron chi connectivity index (χ0n) is 14.9. The number of aromatic amines is 1. The molecule has 0 fully saturated rings. The van der Waals surface area contributed by atoms with Crippen LogP contribution in [0.5, 0.6) is 0 Å². The Morgan fingerprint density at radius 1 is 1.37 bits per heavy atom. The first-order chi connectivity index (χ1) is 13.0. The first-order valence-corrected chi connectivity index (χ1v) is 9.00. The van der Waals surface area contributed by atoms with Gasteiger partial charge < -0.3 is 4.90 Å². The van der Waals surface area contributed by atoms with Gasteiger partial charge in [-0.15, -0.1) is 5.10 Å². The number of hydrogen-bond donors (Lipinski definition) is 1. The molecule has 3 aromatic rings. The highest BCUT2D eigenvalue weighted by Gasteiger charge is 2.27. The fourth-order valence-electron chi connectivity index (χ4n) is 3.53. The normalized spacial score (nSPS) is 14.9. The van der Waals surface area contributed by atoms with E-state index in [9.17, 15) is 9.18 Å². The van der Waals surface area contributed by atoms with Crippen LogP contribution in [-0.4, -0.2) is 31.7 Å². The molecule has 1 aromatic carbocycles. The van der Waals surface area contributed by atoms with Crippen LogP contribution in [0.4, 0.5) is 10.1 Å². The van der Waals surface area contributed by atoms with Crippen molar-refractivity contribution in [2.45, 2.75) is 32.9 Å². The molecule has 1 atom stereocenters. The third-order valence-electron chi connectivity index (χ3n) is 5.01. The summed E-state index contributed by atoms with van der Waals surface area (Å²) in [7, 11) is 0. The van der Waals surface area contributed by atoms with E-state index in [0.29, 0.717) is 25.2 Å². The topological polar surface area (TPSA) is 79.7 Å². The molecule has 27 heavy (non-hydrogen) atoms. The first kappa shape index (κ1) is 17.7. The minimum atomic E-state index is -0.418. The van der Waals surface area contributed by atoms with E-state index in [1.807, 2.05) is 23.4 Å². The van der Waals surface area contributed by atoms with Gasteiger partial charge in [-0.1, -0.05) is 22.9 Å². The molecule has 9 heteroatoms. The second kappa shape index (κ2) is 6.77. The Hall–Kier alpha value is -2.74. The molecule has 0 radical (unpaired) electrons. The van der Waals surface area contributed by atoms with E-state index < -0.39 is 5.56 Å². The van der Waals surface area contributed by atoms with Crippen molar-refractivity contribution in [1.29, 1.82) is 0 Å². The molecule has 0 aliphatic carbocycles. The summed E-state index contributed by atoms with van der Waals surface area (Å²) in [6.45, 7) is 5.08. The number of fused-ring (bicyclic) bond motifs is 1. The highest BCUT2D eigenvalue weighted by molar-refractivity contribution is 6.32. The summed E-state index contributed by atoms with van der Waals surface area (Å²) < 4.78 is 15.6. The van der Waals surface area contributed by atoms with Crippen molar-refractivity contribution in [3.63, 3.8) is 0 Å². The van der Waals surface area contributed by atoms with Gasteiger partial charge in [0.05, 0.1) is 30.2 Å². The van der Waals surface area contributed by atoms with Crippen LogP contribution in [0.1, 0.15) is 35.5 Å². The third kappa shape index (κ3) is 3.10. The van der Waals surface area contributed by atoms with Crippen molar-refractivity contribution >= 4 is 17.3 Å². The molecule has 0 spiro atoms.